The lowest BCUT2D eigenvalue weighted by Gasteiger charge is -2.36. The highest BCUT2D eigenvalue weighted by molar-refractivity contribution is 5.83. The molecular formula is C42H66O12. The molecule has 0 heterocycles. The molecule has 0 spiro atoms. The fourth-order valence-corrected chi connectivity index (χ4v) is 9.25. The van der Waals surface area contributed by atoms with Crippen molar-refractivity contribution in [2.75, 3.05) is 19.8 Å². The average Bonchev–Trinajstić information content (AvgIpc) is 3.15. The molecule has 4 saturated carbocycles. The monoisotopic (exact) mass is 762 g/mol. The zero-order chi connectivity index (χ0) is 39.5. The van der Waals surface area contributed by atoms with E-state index in [2.05, 4.69) is 0 Å². The Morgan fingerprint density at radius 3 is 0.833 bits per heavy atom. The van der Waals surface area contributed by atoms with E-state index in [-0.39, 0.29) is 37.0 Å². The first-order chi connectivity index (χ1) is 25.5. The second kappa shape index (κ2) is 19.6. The van der Waals surface area contributed by atoms with Gasteiger partial charge in [0.1, 0.15) is 16.8 Å². The Hall–Kier alpha value is -3.18. The number of carbonyl (C=O) groups is 6. The Balaban J connectivity index is 1.35. The minimum atomic E-state index is -0.956. The van der Waals surface area contributed by atoms with Crippen LogP contribution in [0.4, 0.5) is 0 Å². The van der Waals surface area contributed by atoms with Crippen LogP contribution in [0.25, 0.3) is 0 Å². The quantitative estimate of drug-likeness (QED) is 0.121. The molecule has 0 aromatic heterocycles. The van der Waals surface area contributed by atoms with E-state index in [0.717, 1.165) is 96.3 Å². The second-order valence-corrected chi connectivity index (χ2v) is 17.9. The minimum absolute atomic E-state index is 0.0235. The van der Waals surface area contributed by atoms with Crippen LogP contribution in [0.5, 0.6) is 0 Å². The number of carbonyl (C=O) groups excluding carboxylic acids is 6. The molecule has 0 atom stereocenters. The first kappa shape index (κ1) is 43.5. The second-order valence-electron chi connectivity index (χ2n) is 17.9. The van der Waals surface area contributed by atoms with Gasteiger partial charge in [-0.1, -0.05) is 57.8 Å². The SMILES string of the molecule is CC(C)(OC(=O)COC(=O)C1CC(C(=O)OCC(=O)OC(C)(C)C2CCCCC2)CC(C(=O)OCC(=O)OC(C)(C)C2CCCCC2)C1)C1CCCCC1. The summed E-state index contributed by atoms with van der Waals surface area (Å²) in [5.41, 5.74) is -2.13. The van der Waals surface area contributed by atoms with Gasteiger partial charge in [0, 0.05) is 0 Å². The first-order valence-electron chi connectivity index (χ1n) is 20.6. The molecule has 0 saturated heterocycles. The third-order valence-electron chi connectivity index (χ3n) is 12.6. The summed E-state index contributed by atoms with van der Waals surface area (Å²) in [4.78, 5) is 78.5. The Bertz CT molecular complexity index is 1140. The van der Waals surface area contributed by atoms with Gasteiger partial charge in [0.15, 0.2) is 19.8 Å². The van der Waals surface area contributed by atoms with Gasteiger partial charge in [0.05, 0.1) is 17.8 Å². The number of hydrogen-bond donors (Lipinski definition) is 0. The molecule has 0 aromatic rings. The van der Waals surface area contributed by atoms with Gasteiger partial charge >= 0.3 is 35.8 Å². The van der Waals surface area contributed by atoms with Gasteiger partial charge < -0.3 is 28.4 Å². The van der Waals surface area contributed by atoms with Crippen molar-refractivity contribution in [3.05, 3.63) is 0 Å². The van der Waals surface area contributed by atoms with Gasteiger partial charge in [-0.2, -0.15) is 0 Å². The maximum Gasteiger partial charge on any atom is 0.344 e. The molecule has 12 nitrogen and oxygen atoms in total. The lowest BCUT2D eigenvalue weighted by Crippen LogP contribution is -2.41. The number of rotatable bonds is 15. The fraction of sp³-hybridized carbons (Fsp3) is 0.857. The normalized spacial score (nSPS) is 23.8. The molecule has 0 bridgehead atoms. The zero-order valence-electron chi connectivity index (χ0n) is 33.7. The van der Waals surface area contributed by atoms with Gasteiger partial charge in [-0.05, 0) is 117 Å². The average molecular weight is 763 g/mol. The Morgan fingerprint density at radius 2 is 0.611 bits per heavy atom. The van der Waals surface area contributed by atoms with Gasteiger partial charge in [-0.3, -0.25) is 14.4 Å². The van der Waals surface area contributed by atoms with Crippen LogP contribution in [-0.2, 0) is 57.2 Å². The van der Waals surface area contributed by atoms with Crippen molar-refractivity contribution < 1.29 is 57.2 Å². The molecule has 4 aliphatic rings. The third kappa shape index (κ3) is 13.0. The molecule has 4 aliphatic carbocycles. The van der Waals surface area contributed by atoms with E-state index < -0.39 is 90.2 Å². The minimum Gasteiger partial charge on any atom is -0.457 e. The van der Waals surface area contributed by atoms with Crippen molar-refractivity contribution in [2.45, 2.75) is 174 Å². The van der Waals surface area contributed by atoms with E-state index in [0.29, 0.717) is 0 Å². The summed E-state index contributed by atoms with van der Waals surface area (Å²) in [5, 5.41) is 0. The molecule has 0 unspecified atom stereocenters. The molecule has 4 rings (SSSR count). The largest absolute Gasteiger partial charge is 0.457 e. The Kier molecular flexibility index (Phi) is 15.8. The van der Waals surface area contributed by atoms with E-state index in [1.165, 1.54) is 0 Å². The maximum atomic E-state index is 13.4. The van der Waals surface area contributed by atoms with Crippen molar-refractivity contribution in [1.82, 2.24) is 0 Å². The number of hydrogen-bond acceptors (Lipinski definition) is 12. The highest BCUT2D eigenvalue weighted by atomic mass is 16.6. The third-order valence-corrected chi connectivity index (χ3v) is 12.6. The number of ether oxygens (including phenoxy) is 6. The maximum absolute atomic E-state index is 13.4. The van der Waals surface area contributed by atoms with E-state index in [1.807, 2.05) is 41.5 Å². The van der Waals surface area contributed by atoms with Crippen LogP contribution in [0.15, 0.2) is 0 Å². The van der Waals surface area contributed by atoms with Gasteiger partial charge in [0.25, 0.3) is 0 Å². The van der Waals surface area contributed by atoms with E-state index in [4.69, 9.17) is 28.4 Å². The fourth-order valence-electron chi connectivity index (χ4n) is 9.25. The van der Waals surface area contributed by atoms with E-state index in [1.54, 1.807) is 0 Å². The summed E-state index contributed by atoms with van der Waals surface area (Å²) in [6.45, 7) is 9.39. The van der Waals surface area contributed by atoms with E-state index in [9.17, 15) is 28.8 Å². The van der Waals surface area contributed by atoms with Crippen molar-refractivity contribution in [1.29, 1.82) is 0 Å². The summed E-state index contributed by atoms with van der Waals surface area (Å²) in [6.07, 6.45) is 15.6. The van der Waals surface area contributed by atoms with Gasteiger partial charge in [0.2, 0.25) is 0 Å². The molecular weight excluding hydrogens is 696 g/mol. The lowest BCUT2D eigenvalue weighted by molar-refractivity contribution is -0.179. The van der Waals surface area contributed by atoms with Crippen molar-refractivity contribution in [2.24, 2.45) is 35.5 Å². The molecule has 0 N–H and O–H groups in total. The van der Waals surface area contributed by atoms with Crippen molar-refractivity contribution >= 4 is 35.8 Å². The van der Waals surface area contributed by atoms with Crippen LogP contribution in [0.2, 0.25) is 0 Å². The van der Waals surface area contributed by atoms with Crippen LogP contribution >= 0.6 is 0 Å². The molecule has 0 aromatic carbocycles. The van der Waals surface area contributed by atoms with Gasteiger partial charge in [-0.15, -0.1) is 0 Å². The van der Waals surface area contributed by atoms with Crippen molar-refractivity contribution in [3.63, 3.8) is 0 Å². The van der Waals surface area contributed by atoms with Gasteiger partial charge in [-0.25, -0.2) is 14.4 Å². The standard InChI is InChI=1S/C42H66O12/c1-40(2,31-16-10-7-11-17-31)52-34(43)25-49-37(46)28-22-29(38(47)50-26-35(44)53-41(3,4)32-18-12-8-13-19-32)24-30(23-28)39(48)51-27-36(45)54-42(5,6)33-20-14-9-15-21-33/h28-33H,7-27H2,1-6H3. The predicted molar refractivity (Wildman–Crippen MR) is 197 cm³/mol. The Morgan fingerprint density at radius 1 is 0.389 bits per heavy atom. The van der Waals surface area contributed by atoms with Crippen LogP contribution in [0, 0.1) is 35.5 Å². The van der Waals surface area contributed by atoms with E-state index >= 15 is 0 Å². The molecule has 306 valence electrons. The predicted octanol–water partition coefficient (Wildman–Crippen LogP) is 7.35. The molecule has 0 radical (unpaired) electrons. The molecule has 54 heavy (non-hydrogen) atoms. The summed E-state index contributed by atoms with van der Waals surface area (Å²) in [6, 6.07) is 0. The molecule has 12 heteroatoms. The summed E-state index contributed by atoms with van der Waals surface area (Å²) >= 11 is 0. The van der Waals surface area contributed by atoms with Crippen LogP contribution in [-0.4, -0.2) is 72.4 Å². The molecule has 0 aliphatic heterocycles. The summed E-state index contributed by atoms with van der Waals surface area (Å²) in [7, 11) is 0. The molecule has 4 fully saturated rings. The Labute approximate surface area is 321 Å². The first-order valence-corrected chi connectivity index (χ1v) is 20.6. The van der Waals surface area contributed by atoms with Crippen molar-refractivity contribution in [3.8, 4) is 0 Å². The lowest BCUT2D eigenvalue weighted by atomic mass is 9.75. The zero-order valence-corrected chi connectivity index (χ0v) is 33.7. The summed E-state index contributed by atoms with van der Waals surface area (Å²) < 4.78 is 33.4. The van der Waals surface area contributed by atoms with Crippen LogP contribution in [0.1, 0.15) is 157 Å². The highest BCUT2D eigenvalue weighted by Gasteiger charge is 2.43. The topological polar surface area (TPSA) is 158 Å². The molecule has 0 amide bonds. The number of esters is 6. The van der Waals surface area contributed by atoms with Crippen LogP contribution in [0.3, 0.4) is 0 Å². The highest BCUT2D eigenvalue weighted by Crippen LogP contribution is 2.39. The smallest absolute Gasteiger partial charge is 0.344 e. The van der Waals surface area contributed by atoms with Crippen LogP contribution < -0.4 is 0 Å². The summed E-state index contributed by atoms with van der Waals surface area (Å²) in [5.74, 6) is -6.54.